The molecule has 2 aromatic carbocycles. The number of carbonyl (C=O) groups is 2. The molecule has 0 spiro atoms. The van der Waals surface area contributed by atoms with Crippen LogP contribution in [0.15, 0.2) is 54.6 Å². The van der Waals surface area contributed by atoms with Gasteiger partial charge >= 0.3 is 0 Å². The maximum Gasteiger partial charge on any atom is 0.224 e. The second kappa shape index (κ2) is 10.4. The van der Waals surface area contributed by atoms with Gasteiger partial charge in [-0.05, 0) is 42.0 Å². The second-order valence-electron chi connectivity index (χ2n) is 6.76. The lowest BCUT2D eigenvalue weighted by molar-refractivity contribution is -0.121. The zero-order valence-electron chi connectivity index (χ0n) is 15.6. The van der Waals surface area contributed by atoms with Crippen molar-refractivity contribution in [2.75, 3.05) is 11.9 Å². The molecular formula is C22H28N2O2. The van der Waals surface area contributed by atoms with Crippen molar-refractivity contribution in [3.05, 3.63) is 65.7 Å². The van der Waals surface area contributed by atoms with Gasteiger partial charge in [0.2, 0.25) is 11.8 Å². The molecule has 2 rings (SSSR count). The number of nitrogens with one attached hydrogen (secondary N) is 2. The Hall–Kier alpha value is -2.62. The van der Waals surface area contributed by atoms with Gasteiger partial charge in [-0.2, -0.15) is 0 Å². The molecule has 0 atom stereocenters. The summed E-state index contributed by atoms with van der Waals surface area (Å²) in [6.45, 7) is 4.90. The molecule has 0 fully saturated rings. The van der Waals surface area contributed by atoms with Gasteiger partial charge in [0, 0.05) is 25.1 Å². The fraction of sp³-hybridized carbons (Fsp3) is 0.364. The van der Waals surface area contributed by atoms with Crippen molar-refractivity contribution in [3.8, 4) is 0 Å². The molecule has 0 aliphatic carbocycles. The molecule has 2 amide bonds. The maximum atomic E-state index is 12.0. The normalized spacial score (nSPS) is 10.6. The van der Waals surface area contributed by atoms with Crippen LogP contribution >= 0.6 is 0 Å². The van der Waals surface area contributed by atoms with Crippen LogP contribution in [-0.2, 0) is 16.0 Å². The fourth-order valence-corrected chi connectivity index (χ4v) is 2.66. The number of rotatable bonds is 9. The highest BCUT2D eigenvalue weighted by atomic mass is 16.2. The van der Waals surface area contributed by atoms with E-state index in [0.29, 0.717) is 31.7 Å². The van der Waals surface area contributed by atoms with Crippen molar-refractivity contribution in [2.45, 2.75) is 45.4 Å². The molecule has 26 heavy (non-hydrogen) atoms. The van der Waals surface area contributed by atoms with Crippen LogP contribution in [0.25, 0.3) is 0 Å². The first kappa shape index (κ1) is 19.7. The van der Waals surface area contributed by atoms with Crippen LogP contribution in [0.4, 0.5) is 5.69 Å². The van der Waals surface area contributed by atoms with Crippen LogP contribution in [0, 0.1) is 0 Å². The first-order valence-electron chi connectivity index (χ1n) is 9.25. The molecule has 4 heteroatoms. The molecule has 0 radical (unpaired) electrons. The Balaban J connectivity index is 1.60. The summed E-state index contributed by atoms with van der Waals surface area (Å²) in [5.74, 6) is 0.412. The quantitative estimate of drug-likeness (QED) is 0.708. The summed E-state index contributed by atoms with van der Waals surface area (Å²) in [6, 6.07) is 18.0. The summed E-state index contributed by atoms with van der Waals surface area (Å²) in [5, 5.41) is 5.78. The van der Waals surface area contributed by atoms with Crippen molar-refractivity contribution in [1.82, 2.24) is 5.32 Å². The van der Waals surface area contributed by atoms with E-state index in [4.69, 9.17) is 0 Å². The lowest BCUT2D eigenvalue weighted by atomic mass is 10.0. The largest absolute Gasteiger partial charge is 0.356 e. The molecule has 0 heterocycles. The molecule has 0 saturated carbocycles. The van der Waals surface area contributed by atoms with Gasteiger partial charge in [0.25, 0.3) is 0 Å². The molecule has 0 aliphatic rings. The van der Waals surface area contributed by atoms with Crippen LogP contribution in [0.1, 0.15) is 50.2 Å². The maximum absolute atomic E-state index is 12.0. The molecule has 4 nitrogen and oxygen atoms in total. The monoisotopic (exact) mass is 352 g/mol. The Bertz CT molecular complexity index is 694. The van der Waals surface area contributed by atoms with Gasteiger partial charge < -0.3 is 10.6 Å². The average molecular weight is 352 g/mol. The Morgan fingerprint density at radius 3 is 2.19 bits per heavy atom. The number of hydrogen-bond donors (Lipinski definition) is 2. The highest BCUT2D eigenvalue weighted by Crippen LogP contribution is 2.17. The molecular weight excluding hydrogens is 324 g/mol. The van der Waals surface area contributed by atoms with Crippen molar-refractivity contribution < 1.29 is 9.59 Å². The van der Waals surface area contributed by atoms with E-state index < -0.39 is 0 Å². The van der Waals surface area contributed by atoms with Crippen molar-refractivity contribution in [3.63, 3.8) is 0 Å². The summed E-state index contributed by atoms with van der Waals surface area (Å²) in [6.07, 6.45) is 2.08. The highest BCUT2D eigenvalue weighted by Gasteiger charge is 2.06. The average Bonchev–Trinajstić information content (AvgIpc) is 2.63. The van der Waals surface area contributed by atoms with E-state index in [0.717, 1.165) is 12.1 Å². The molecule has 2 N–H and O–H groups in total. The van der Waals surface area contributed by atoms with Crippen LogP contribution in [0.3, 0.4) is 0 Å². The van der Waals surface area contributed by atoms with E-state index in [-0.39, 0.29) is 11.8 Å². The first-order valence-corrected chi connectivity index (χ1v) is 9.25. The van der Waals surface area contributed by atoms with E-state index in [1.54, 1.807) is 0 Å². The van der Waals surface area contributed by atoms with Gasteiger partial charge in [0.1, 0.15) is 0 Å². The van der Waals surface area contributed by atoms with Crippen molar-refractivity contribution in [2.24, 2.45) is 0 Å². The molecule has 0 unspecified atom stereocenters. The smallest absolute Gasteiger partial charge is 0.224 e. The number of hydrogen-bond acceptors (Lipinski definition) is 2. The Labute approximate surface area is 156 Å². The molecule has 138 valence electrons. The third-order valence-electron chi connectivity index (χ3n) is 4.25. The molecule has 2 aromatic rings. The number of amides is 2. The van der Waals surface area contributed by atoms with E-state index in [1.807, 2.05) is 54.6 Å². The molecule has 0 aliphatic heterocycles. The highest BCUT2D eigenvalue weighted by molar-refractivity contribution is 5.91. The summed E-state index contributed by atoms with van der Waals surface area (Å²) in [4.78, 5) is 23.8. The van der Waals surface area contributed by atoms with Gasteiger partial charge in [-0.3, -0.25) is 9.59 Å². The summed E-state index contributed by atoms with van der Waals surface area (Å²) in [5.41, 5.74) is 3.25. The minimum absolute atomic E-state index is 0.00461. The second-order valence-corrected chi connectivity index (χ2v) is 6.76. The minimum atomic E-state index is -0.0561. The minimum Gasteiger partial charge on any atom is -0.356 e. The molecule has 0 saturated heterocycles. The predicted molar refractivity (Wildman–Crippen MR) is 106 cm³/mol. The number of benzene rings is 2. The van der Waals surface area contributed by atoms with Crippen LogP contribution in [0.5, 0.6) is 0 Å². The summed E-state index contributed by atoms with van der Waals surface area (Å²) >= 11 is 0. The van der Waals surface area contributed by atoms with E-state index in [9.17, 15) is 9.59 Å². The summed E-state index contributed by atoms with van der Waals surface area (Å²) in [7, 11) is 0. The molecule has 0 aromatic heterocycles. The lowest BCUT2D eigenvalue weighted by Crippen LogP contribution is -2.25. The Morgan fingerprint density at radius 2 is 1.54 bits per heavy atom. The first-order chi connectivity index (χ1) is 12.5. The van der Waals surface area contributed by atoms with Gasteiger partial charge in [-0.25, -0.2) is 0 Å². The summed E-state index contributed by atoms with van der Waals surface area (Å²) < 4.78 is 0. The van der Waals surface area contributed by atoms with Gasteiger partial charge in [-0.15, -0.1) is 0 Å². The number of carbonyl (C=O) groups excluding carboxylic acids is 2. The Morgan fingerprint density at radius 1 is 0.885 bits per heavy atom. The molecule has 0 bridgehead atoms. The Kier molecular flexibility index (Phi) is 7.87. The van der Waals surface area contributed by atoms with Crippen LogP contribution in [0.2, 0.25) is 0 Å². The topological polar surface area (TPSA) is 58.2 Å². The standard InChI is InChI=1S/C22H28N2O2/c1-17(2)19-11-13-20(14-12-19)24-22(26)10-6-9-21(25)23-16-15-18-7-4-3-5-8-18/h3-5,7-8,11-14,17H,6,9-10,15-16H2,1-2H3,(H,23,25)(H,24,26). The van der Waals surface area contributed by atoms with Crippen LogP contribution in [-0.4, -0.2) is 18.4 Å². The van der Waals surface area contributed by atoms with Crippen molar-refractivity contribution in [1.29, 1.82) is 0 Å². The van der Waals surface area contributed by atoms with Crippen molar-refractivity contribution >= 4 is 17.5 Å². The van der Waals surface area contributed by atoms with Gasteiger partial charge in [-0.1, -0.05) is 56.3 Å². The fourth-order valence-electron chi connectivity index (χ4n) is 2.66. The van der Waals surface area contributed by atoms with Gasteiger partial charge in [0.15, 0.2) is 0 Å². The van der Waals surface area contributed by atoms with E-state index in [1.165, 1.54) is 11.1 Å². The third kappa shape index (κ3) is 7.09. The van der Waals surface area contributed by atoms with E-state index in [2.05, 4.69) is 24.5 Å². The SMILES string of the molecule is CC(C)c1ccc(NC(=O)CCCC(=O)NCCc2ccccc2)cc1. The third-order valence-corrected chi connectivity index (χ3v) is 4.25. The zero-order valence-corrected chi connectivity index (χ0v) is 15.6. The van der Waals surface area contributed by atoms with Gasteiger partial charge in [0.05, 0.1) is 0 Å². The zero-order chi connectivity index (χ0) is 18.8. The predicted octanol–water partition coefficient (Wildman–Crippen LogP) is 4.28. The van der Waals surface area contributed by atoms with Crippen LogP contribution < -0.4 is 10.6 Å². The number of anilines is 1. The van der Waals surface area contributed by atoms with E-state index >= 15 is 0 Å². The lowest BCUT2D eigenvalue weighted by Gasteiger charge is -2.09.